The number of benzene rings is 2. The summed E-state index contributed by atoms with van der Waals surface area (Å²) in [5.74, 6) is 0. The van der Waals surface area contributed by atoms with Crippen molar-refractivity contribution in [1.29, 1.82) is 0 Å². The van der Waals surface area contributed by atoms with Crippen molar-refractivity contribution in [3.63, 3.8) is 0 Å². The molecule has 2 aromatic rings. The second-order valence-electron chi connectivity index (χ2n) is 4.60. The third kappa shape index (κ3) is 5.57. The first-order valence-corrected chi connectivity index (χ1v) is 8.67. The van der Waals surface area contributed by atoms with Crippen LogP contribution < -0.4 is 9.44 Å². The van der Waals surface area contributed by atoms with Crippen LogP contribution in [0.15, 0.2) is 48.5 Å². The van der Waals surface area contributed by atoms with Crippen molar-refractivity contribution < 1.29 is 17.5 Å². The standard InChI is InChI=1S/C14H16N2O4S2/c17-21(18)15-13-5-1-3-11(9-13)7-8-12-4-2-6-14(10-12)16-22(19)20/h1-6,9-10,15-16H,7-8H2,(H,17,18)(H,19,20). The van der Waals surface area contributed by atoms with Crippen LogP contribution in [0.3, 0.4) is 0 Å². The Balaban J connectivity index is 2.00. The van der Waals surface area contributed by atoms with Gasteiger partial charge in [-0.2, -0.15) is 0 Å². The topological polar surface area (TPSA) is 98.7 Å². The summed E-state index contributed by atoms with van der Waals surface area (Å²) in [4.78, 5) is 0. The Morgan fingerprint density at radius 3 is 1.55 bits per heavy atom. The van der Waals surface area contributed by atoms with E-state index in [4.69, 9.17) is 9.11 Å². The van der Waals surface area contributed by atoms with Gasteiger partial charge in [0.25, 0.3) is 22.5 Å². The van der Waals surface area contributed by atoms with E-state index in [1.807, 2.05) is 36.4 Å². The summed E-state index contributed by atoms with van der Waals surface area (Å²) in [5, 5.41) is 0. The van der Waals surface area contributed by atoms with Crippen molar-refractivity contribution >= 4 is 33.9 Å². The molecule has 8 heteroatoms. The van der Waals surface area contributed by atoms with E-state index < -0.39 is 22.5 Å². The highest BCUT2D eigenvalue weighted by Crippen LogP contribution is 2.16. The molecule has 0 aromatic heterocycles. The fourth-order valence-electron chi connectivity index (χ4n) is 2.07. The molecule has 6 nitrogen and oxygen atoms in total. The van der Waals surface area contributed by atoms with Gasteiger partial charge < -0.3 is 0 Å². The maximum Gasteiger partial charge on any atom is 0.259 e. The van der Waals surface area contributed by atoms with E-state index in [-0.39, 0.29) is 0 Å². The van der Waals surface area contributed by atoms with Gasteiger partial charge in [-0.1, -0.05) is 24.3 Å². The van der Waals surface area contributed by atoms with Crippen molar-refractivity contribution in [1.82, 2.24) is 0 Å². The molecular weight excluding hydrogens is 324 g/mol. The number of aryl methyl sites for hydroxylation is 2. The van der Waals surface area contributed by atoms with E-state index in [1.165, 1.54) is 0 Å². The van der Waals surface area contributed by atoms with Gasteiger partial charge in [0.15, 0.2) is 0 Å². The lowest BCUT2D eigenvalue weighted by Crippen LogP contribution is -2.03. The zero-order chi connectivity index (χ0) is 15.9. The zero-order valence-electron chi connectivity index (χ0n) is 11.6. The van der Waals surface area contributed by atoms with Gasteiger partial charge >= 0.3 is 0 Å². The summed E-state index contributed by atoms with van der Waals surface area (Å²) in [5.41, 5.74) is 3.23. The SMILES string of the molecule is O=S(O)Nc1cccc(CCc2cccc(NS(=O)O)c2)c1. The molecule has 2 rings (SSSR count). The minimum absolute atomic E-state index is 0.587. The average molecular weight is 340 g/mol. The van der Waals surface area contributed by atoms with Gasteiger partial charge in [0.2, 0.25) is 0 Å². The van der Waals surface area contributed by atoms with Crippen LogP contribution >= 0.6 is 0 Å². The van der Waals surface area contributed by atoms with Gasteiger partial charge in [-0.15, -0.1) is 0 Å². The van der Waals surface area contributed by atoms with Gasteiger partial charge in [0.1, 0.15) is 0 Å². The Morgan fingerprint density at radius 2 is 1.18 bits per heavy atom. The summed E-state index contributed by atoms with van der Waals surface area (Å²) >= 11 is -4.17. The third-order valence-electron chi connectivity index (χ3n) is 2.97. The van der Waals surface area contributed by atoms with E-state index in [2.05, 4.69) is 9.44 Å². The van der Waals surface area contributed by atoms with Crippen LogP contribution in [-0.2, 0) is 35.4 Å². The first-order chi connectivity index (χ1) is 10.5. The van der Waals surface area contributed by atoms with E-state index in [1.54, 1.807) is 12.1 Å². The lowest BCUT2D eigenvalue weighted by atomic mass is 10.0. The monoisotopic (exact) mass is 340 g/mol. The first-order valence-electron chi connectivity index (χ1n) is 6.46. The summed E-state index contributed by atoms with van der Waals surface area (Å²) in [6.07, 6.45) is 1.50. The van der Waals surface area contributed by atoms with Gasteiger partial charge in [0.05, 0.1) is 0 Å². The number of rotatable bonds is 7. The highest BCUT2D eigenvalue weighted by molar-refractivity contribution is 7.80. The molecule has 0 bridgehead atoms. The summed E-state index contributed by atoms with van der Waals surface area (Å²) in [7, 11) is 0. The van der Waals surface area contributed by atoms with Crippen LogP contribution in [0, 0.1) is 0 Å². The number of hydrogen-bond donors (Lipinski definition) is 4. The minimum Gasteiger partial charge on any atom is -0.289 e. The quantitative estimate of drug-likeness (QED) is 0.582. The van der Waals surface area contributed by atoms with Crippen molar-refractivity contribution in [2.75, 3.05) is 9.44 Å². The van der Waals surface area contributed by atoms with Crippen molar-refractivity contribution in [3.8, 4) is 0 Å². The minimum atomic E-state index is -2.08. The highest BCUT2D eigenvalue weighted by atomic mass is 32.2. The third-order valence-corrected chi connectivity index (χ3v) is 3.79. The Morgan fingerprint density at radius 1 is 0.773 bits per heavy atom. The predicted molar refractivity (Wildman–Crippen MR) is 89.1 cm³/mol. The van der Waals surface area contributed by atoms with Crippen molar-refractivity contribution in [3.05, 3.63) is 59.7 Å². The van der Waals surface area contributed by atoms with E-state index in [0.29, 0.717) is 11.4 Å². The molecule has 0 aliphatic carbocycles. The van der Waals surface area contributed by atoms with E-state index in [0.717, 1.165) is 24.0 Å². The van der Waals surface area contributed by atoms with E-state index >= 15 is 0 Å². The Hall–Kier alpha value is -1.74. The molecule has 0 spiro atoms. The molecule has 0 heterocycles. The molecule has 0 aliphatic rings. The van der Waals surface area contributed by atoms with Crippen LogP contribution in [0.1, 0.15) is 11.1 Å². The Labute approximate surface area is 133 Å². The maximum absolute atomic E-state index is 10.7. The molecule has 22 heavy (non-hydrogen) atoms. The number of anilines is 2. The molecule has 0 saturated heterocycles. The second-order valence-corrected chi connectivity index (χ2v) is 6.01. The van der Waals surface area contributed by atoms with Crippen molar-refractivity contribution in [2.24, 2.45) is 0 Å². The van der Waals surface area contributed by atoms with Crippen LogP contribution in [0.5, 0.6) is 0 Å². The van der Waals surface area contributed by atoms with Crippen LogP contribution in [0.25, 0.3) is 0 Å². The zero-order valence-corrected chi connectivity index (χ0v) is 13.2. The second kappa shape index (κ2) is 8.04. The molecule has 0 amide bonds. The first kappa shape index (κ1) is 16.6. The van der Waals surface area contributed by atoms with Crippen molar-refractivity contribution in [2.45, 2.75) is 12.8 Å². The fourth-order valence-corrected chi connectivity index (χ4v) is 2.73. The van der Waals surface area contributed by atoms with Crippen LogP contribution in [-0.4, -0.2) is 17.5 Å². The lowest BCUT2D eigenvalue weighted by Gasteiger charge is -2.07. The largest absolute Gasteiger partial charge is 0.289 e. The molecule has 118 valence electrons. The molecule has 0 fully saturated rings. The molecule has 0 aliphatic heterocycles. The highest BCUT2D eigenvalue weighted by Gasteiger charge is 2.01. The Bertz CT molecular complexity index is 635. The van der Waals surface area contributed by atoms with Crippen LogP contribution in [0.2, 0.25) is 0 Å². The molecule has 4 N–H and O–H groups in total. The normalized spacial score (nSPS) is 13.4. The molecule has 2 aromatic carbocycles. The average Bonchev–Trinajstić information content (AvgIpc) is 2.44. The van der Waals surface area contributed by atoms with E-state index in [9.17, 15) is 8.42 Å². The number of nitrogens with one attached hydrogen (secondary N) is 2. The van der Waals surface area contributed by atoms with Crippen LogP contribution in [0.4, 0.5) is 11.4 Å². The molecule has 2 atom stereocenters. The van der Waals surface area contributed by atoms with Gasteiger partial charge in [-0.05, 0) is 48.2 Å². The molecule has 2 unspecified atom stereocenters. The predicted octanol–water partition coefficient (Wildman–Crippen LogP) is 2.57. The van der Waals surface area contributed by atoms with Gasteiger partial charge in [-0.25, -0.2) is 8.42 Å². The smallest absolute Gasteiger partial charge is 0.259 e. The molecule has 0 radical (unpaired) electrons. The summed E-state index contributed by atoms with van der Waals surface area (Å²) in [6, 6.07) is 14.6. The fraction of sp³-hybridized carbons (Fsp3) is 0.143. The molecule has 0 saturated carbocycles. The lowest BCUT2D eigenvalue weighted by molar-refractivity contribution is 0.568. The van der Waals surface area contributed by atoms with Gasteiger partial charge in [0, 0.05) is 11.4 Å². The summed E-state index contributed by atoms with van der Waals surface area (Å²) in [6.45, 7) is 0. The van der Waals surface area contributed by atoms with Gasteiger partial charge in [-0.3, -0.25) is 18.5 Å². The summed E-state index contributed by atoms with van der Waals surface area (Å²) < 4.78 is 44.0. The molecular formula is C14H16N2O4S2. The Kier molecular flexibility index (Phi) is 6.08. The maximum atomic E-state index is 10.7. The number of hydrogen-bond acceptors (Lipinski definition) is 2.